The number of thioether (sulfide) groups is 1. The second-order valence-electron chi connectivity index (χ2n) is 7.56. The molecule has 34 heavy (non-hydrogen) atoms. The van der Waals surface area contributed by atoms with Crippen LogP contribution in [0.1, 0.15) is 27.0 Å². The number of aryl methyl sites for hydroxylation is 1. The molecule has 1 aliphatic rings. The first kappa shape index (κ1) is 23.6. The molecule has 172 valence electrons. The quantitative estimate of drug-likeness (QED) is 0.234. The van der Waals surface area contributed by atoms with Crippen molar-refractivity contribution in [3.63, 3.8) is 0 Å². The number of hydrogen-bond donors (Lipinski definition) is 0. The number of ether oxygens (including phenoxy) is 2. The number of methoxy groups -OCH3 is 1. The van der Waals surface area contributed by atoms with E-state index in [1.54, 1.807) is 60.7 Å². The smallest absolute Gasteiger partial charge is 0.343 e. The van der Waals surface area contributed by atoms with Gasteiger partial charge in [0, 0.05) is 5.02 Å². The second-order valence-corrected chi connectivity index (χ2v) is 8.99. The van der Waals surface area contributed by atoms with E-state index in [-0.39, 0.29) is 23.4 Å². The van der Waals surface area contributed by atoms with Crippen molar-refractivity contribution in [2.75, 3.05) is 7.11 Å². The van der Waals surface area contributed by atoms with Crippen molar-refractivity contribution in [1.82, 2.24) is 4.90 Å². The number of carbonyl (C=O) groups is 3. The lowest BCUT2D eigenvalue weighted by molar-refractivity contribution is -0.123. The van der Waals surface area contributed by atoms with Crippen molar-refractivity contribution < 1.29 is 23.9 Å². The van der Waals surface area contributed by atoms with E-state index in [0.29, 0.717) is 26.8 Å². The average molecular weight is 494 g/mol. The van der Waals surface area contributed by atoms with Crippen LogP contribution in [0.2, 0.25) is 5.02 Å². The first-order chi connectivity index (χ1) is 16.3. The normalized spacial score (nSPS) is 14.6. The number of esters is 1. The number of amides is 2. The Morgan fingerprint density at radius 2 is 1.71 bits per heavy atom. The molecule has 0 unspecified atom stereocenters. The van der Waals surface area contributed by atoms with Crippen molar-refractivity contribution in [3.8, 4) is 11.5 Å². The second kappa shape index (κ2) is 10.2. The number of benzene rings is 3. The van der Waals surface area contributed by atoms with Gasteiger partial charge >= 0.3 is 5.97 Å². The molecule has 1 aliphatic heterocycles. The number of nitrogens with zero attached hydrogens (tertiary/aromatic N) is 1. The molecular formula is C26H20ClNO5S. The molecule has 0 radical (unpaired) electrons. The molecule has 0 atom stereocenters. The van der Waals surface area contributed by atoms with Crippen LogP contribution in [-0.2, 0) is 11.3 Å². The SMILES string of the molecule is COc1cc(/C=C2\SC(=O)N(Cc3ccc(Cl)cc3)C2=O)ccc1OC(=O)c1ccc(C)cc1. The van der Waals surface area contributed by atoms with E-state index >= 15 is 0 Å². The molecule has 1 heterocycles. The summed E-state index contributed by atoms with van der Waals surface area (Å²) < 4.78 is 10.9. The number of hydrogen-bond acceptors (Lipinski definition) is 6. The van der Waals surface area contributed by atoms with Gasteiger partial charge in [0.2, 0.25) is 0 Å². The van der Waals surface area contributed by atoms with Gasteiger partial charge in [-0.05, 0) is 72.3 Å². The van der Waals surface area contributed by atoms with Crippen LogP contribution in [-0.4, -0.2) is 29.1 Å². The summed E-state index contributed by atoms with van der Waals surface area (Å²) in [5, 5.41) is 0.238. The third-order valence-corrected chi connectivity index (χ3v) is 6.26. The fraction of sp³-hybridized carbons (Fsp3) is 0.115. The summed E-state index contributed by atoms with van der Waals surface area (Å²) in [4.78, 5) is 39.2. The van der Waals surface area contributed by atoms with E-state index in [1.165, 1.54) is 12.0 Å². The zero-order chi connectivity index (χ0) is 24.2. The van der Waals surface area contributed by atoms with Gasteiger partial charge in [0.15, 0.2) is 11.5 Å². The molecule has 0 spiro atoms. The summed E-state index contributed by atoms with van der Waals surface area (Å²) in [6.07, 6.45) is 1.61. The van der Waals surface area contributed by atoms with Crippen molar-refractivity contribution in [2.24, 2.45) is 0 Å². The molecule has 1 saturated heterocycles. The van der Waals surface area contributed by atoms with Crippen molar-refractivity contribution in [3.05, 3.63) is 98.9 Å². The van der Waals surface area contributed by atoms with Gasteiger partial charge < -0.3 is 9.47 Å². The fourth-order valence-corrected chi connectivity index (χ4v) is 4.23. The van der Waals surface area contributed by atoms with Crippen LogP contribution < -0.4 is 9.47 Å². The minimum Gasteiger partial charge on any atom is -0.493 e. The van der Waals surface area contributed by atoms with Crippen molar-refractivity contribution in [2.45, 2.75) is 13.5 Å². The maximum absolute atomic E-state index is 12.8. The van der Waals surface area contributed by atoms with Crippen LogP contribution in [0.25, 0.3) is 6.08 Å². The first-order valence-corrected chi connectivity index (χ1v) is 11.5. The molecule has 3 aromatic carbocycles. The highest BCUT2D eigenvalue weighted by molar-refractivity contribution is 8.18. The Morgan fingerprint density at radius 3 is 2.38 bits per heavy atom. The summed E-state index contributed by atoms with van der Waals surface area (Å²) in [6, 6.07) is 18.9. The number of carbonyl (C=O) groups excluding carboxylic acids is 3. The summed E-state index contributed by atoms with van der Waals surface area (Å²) in [5.74, 6) is -0.302. The van der Waals surface area contributed by atoms with E-state index < -0.39 is 5.97 Å². The molecule has 8 heteroatoms. The molecule has 1 fully saturated rings. The standard InChI is InChI=1S/C26H20ClNO5S/c1-16-3-8-19(9-4-16)25(30)33-21-12-7-18(13-22(21)32-2)14-23-24(29)28(26(31)34-23)15-17-5-10-20(27)11-6-17/h3-14H,15H2,1-2H3/b23-14-. The van der Waals surface area contributed by atoms with Crippen LogP contribution >= 0.6 is 23.4 Å². The van der Waals surface area contributed by atoms with Gasteiger partial charge in [0.05, 0.1) is 24.1 Å². The highest BCUT2D eigenvalue weighted by Crippen LogP contribution is 2.35. The summed E-state index contributed by atoms with van der Waals surface area (Å²) in [6.45, 7) is 2.10. The Balaban J connectivity index is 1.50. The molecule has 6 nitrogen and oxygen atoms in total. The predicted molar refractivity (Wildman–Crippen MR) is 132 cm³/mol. The Labute approximate surface area is 206 Å². The lowest BCUT2D eigenvalue weighted by Crippen LogP contribution is -2.27. The lowest BCUT2D eigenvalue weighted by Gasteiger charge is -2.12. The van der Waals surface area contributed by atoms with Gasteiger partial charge in [-0.1, -0.05) is 47.5 Å². The Morgan fingerprint density at radius 1 is 1.00 bits per heavy atom. The van der Waals surface area contributed by atoms with E-state index in [9.17, 15) is 14.4 Å². The highest BCUT2D eigenvalue weighted by atomic mass is 35.5. The molecule has 3 aromatic rings. The van der Waals surface area contributed by atoms with Crippen molar-refractivity contribution in [1.29, 1.82) is 0 Å². The molecule has 2 amide bonds. The van der Waals surface area contributed by atoms with Gasteiger partial charge in [-0.15, -0.1) is 0 Å². The maximum atomic E-state index is 12.8. The molecule has 0 bridgehead atoms. The van der Waals surface area contributed by atoms with Gasteiger partial charge in [-0.3, -0.25) is 14.5 Å². The van der Waals surface area contributed by atoms with Gasteiger partial charge in [0.25, 0.3) is 11.1 Å². The topological polar surface area (TPSA) is 72.9 Å². The molecular weight excluding hydrogens is 474 g/mol. The lowest BCUT2D eigenvalue weighted by atomic mass is 10.1. The molecule has 4 rings (SSSR count). The third kappa shape index (κ3) is 5.32. The fourth-order valence-electron chi connectivity index (χ4n) is 3.27. The molecule has 0 N–H and O–H groups in total. The van der Waals surface area contributed by atoms with Crippen LogP contribution in [0, 0.1) is 6.92 Å². The molecule has 0 saturated carbocycles. The number of imide groups is 1. The van der Waals surface area contributed by atoms with Crippen LogP contribution in [0.3, 0.4) is 0 Å². The zero-order valence-electron chi connectivity index (χ0n) is 18.4. The van der Waals surface area contributed by atoms with Crippen LogP contribution in [0.15, 0.2) is 71.6 Å². The van der Waals surface area contributed by atoms with Crippen LogP contribution in [0.5, 0.6) is 11.5 Å². The Kier molecular flexibility index (Phi) is 7.05. The third-order valence-electron chi connectivity index (χ3n) is 5.10. The zero-order valence-corrected chi connectivity index (χ0v) is 20.0. The van der Waals surface area contributed by atoms with E-state index in [4.69, 9.17) is 21.1 Å². The average Bonchev–Trinajstić information content (AvgIpc) is 3.09. The summed E-state index contributed by atoms with van der Waals surface area (Å²) in [5.41, 5.74) is 2.89. The monoisotopic (exact) mass is 493 g/mol. The predicted octanol–water partition coefficient (Wildman–Crippen LogP) is 6.11. The van der Waals surface area contributed by atoms with Gasteiger partial charge in [0.1, 0.15) is 0 Å². The van der Waals surface area contributed by atoms with E-state index in [0.717, 1.165) is 22.9 Å². The minimum atomic E-state index is -0.505. The highest BCUT2D eigenvalue weighted by Gasteiger charge is 2.35. The molecule has 0 aromatic heterocycles. The summed E-state index contributed by atoms with van der Waals surface area (Å²) in [7, 11) is 1.46. The number of halogens is 1. The maximum Gasteiger partial charge on any atom is 0.343 e. The Hall–Kier alpha value is -3.55. The van der Waals surface area contributed by atoms with Crippen LogP contribution in [0.4, 0.5) is 4.79 Å². The number of rotatable bonds is 6. The first-order valence-electron chi connectivity index (χ1n) is 10.3. The Bertz CT molecular complexity index is 1290. The van der Waals surface area contributed by atoms with Gasteiger partial charge in [-0.25, -0.2) is 4.79 Å². The van der Waals surface area contributed by atoms with E-state index in [2.05, 4.69) is 0 Å². The molecule has 0 aliphatic carbocycles. The van der Waals surface area contributed by atoms with Gasteiger partial charge in [-0.2, -0.15) is 0 Å². The van der Waals surface area contributed by atoms with Crippen molar-refractivity contribution >= 4 is 46.6 Å². The van der Waals surface area contributed by atoms with E-state index in [1.807, 2.05) is 19.1 Å². The minimum absolute atomic E-state index is 0.163. The largest absolute Gasteiger partial charge is 0.493 e. The summed E-state index contributed by atoms with van der Waals surface area (Å²) >= 11 is 6.77.